The summed E-state index contributed by atoms with van der Waals surface area (Å²) in [5, 5.41) is 0. The largest absolute Gasteiger partial charge is 2.00 e. The zero-order valence-corrected chi connectivity index (χ0v) is 13.4. The third-order valence-electron chi connectivity index (χ3n) is 2.83. The topological polar surface area (TPSA) is 21.6 Å². The molecule has 0 spiro atoms. The zero-order valence-electron chi connectivity index (χ0n) is 11.5. The number of aliphatic imine (C=N–C) groups is 1. The van der Waals surface area contributed by atoms with Crippen molar-refractivity contribution in [3.8, 4) is 0 Å². The summed E-state index contributed by atoms with van der Waals surface area (Å²) in [5.41, 5.74) is 0. The summed E-state index contributed by atoms with van der Waals surface area (Å²) in [6.45, 7) is 0.751. The fourth-order valence-corrected chi connectivity index (χ4v) is 2.32. The second-order valence-corrected chi connectivity index (χ2v) is 5.30. The van der Waals surface area contributed by atoms with Gasteiger partial charge in [0.2, 0.25) is 0 Å². The number of rotatable bonds is 4. The van der Waals surface area contributed by atoms with Crippen LogP contribution in [0.5, 0.6) is 0 Å². The van der Waals surface area contributed by atoms with E-state index in [2.05, 4.69) is 11.2 Å². The molecule has 1 atom stereocenters. The molecule has 0 aromatic carbocycles. The van der Waals surface area contributed by atoms with Crippen LogP contribution in [0.3, 0.4) is 0 Å². The van der Waals surface area contributed by atoms with Gasteiger partial charge in [0.25, 0.3) is 0 Å². The molecule has 1 aliphatic heterocycles. The van der Waals surface area contributed by atoms with Gasteiger partial charge in [-0.1, -0.05) is 0 Å². The summed E-state index contributed by atoms with van der Waals surface area (Å²) < 4.78 is 5.55. The van der Waals surface area contributed by atoms with Gasteiger partial charge in [-0.2, -0.15) is 11.8 Å². The molecule has 3 rings (SSSR count). The van der Waals surface area contributed by atoms with Crippen LogP contribution in [0.25, 0.3) is 0 Å². The molecular weight excluding hydrogens is 310 g/mol. The average molecular weight is 329 g/mol. The van der Waals surface area contributed by atoms with Crippen LogP contribution in [0.1, 0.15) is 6.42 Å². The van der Waals surface area contributed by atoms with Gasteiger partial charge in [-0.15, -0.1) is 0 Å². The Morgan fingerprint density at radius 1 is 1.10 bits per heavy atom. The second-order valence-electron chi connectivity index (χ2n) is 4.32. The molecule has 0 saturated heterocycles. The molecule has 0 aromatic heterocycles. The predicted octanol–water partition coefficient (Wildman–Crippen LogP) is 2.96. The maximum Gasteiger partial charge on any atom is 2.00 e. The van der Waals surface area contributed by atoms with Crippen molar-refractivity contribution in [2.24, 2.45) is 4.99 Å². The number of thioether (sulfide) groups is 1. The fraction of sp³-hybridized carbons (Fsp3) is 0.312. The van der Waals surface area contributed by atoms with Crippen molar-refractivity contribution >= 4 is 17.7 Å². The number of hydrogen-bond acceptors (Lipinski definition) is 3. The summed E-state index contributed by atoms with van der Waals surface area (Å²) in [5.74, 6) is 3.09. The van der Waals surface area contributed by atoms with Gasteiger partial charge in [-0.05, 0) is 76.2 Å². The first-order valence-electron chi connectivity index (χ1n) is 6.48. The molecule has 1 heterocycles. The molecule has 2 saturated carbocycles. The van der Waals surface area contributed by atoms with Crippen molar-refractivity contribution < 1.29 is 21.8 Å². The van der Waals surface area contributed by atoms with Crippen LogP contribution in [0.4, 0.5) is 0 Å². The average Bonchev–Trinajstić information content (AvgIpc) is 3.18. The van der Waals surface area contributed by atoms with Gasteiger partial charge in [0, 0.05) is 0 Å². The molecule has 0 unspecified atom stereocenters. The Hall–Kier alpha value is 0.339. The van der Waals surface area contributed by atoms with E-state index in [-0.39, 0.29) is 17.1 Å². The Morgan fingerprint density at radius 2 is 1.70 bits per heavy atom. The first-order chi connectivity index (χ1) is 9.40. The van der Waals surface area contributed by atoms with E-state index >= 15 is 0 Å². The van der Waals surface area contributed by atoms with Crippen molar-refractivity contribution in [2.75, 3.05) is 18.6 Å². The van der Waals surface area contributed by atoms with Crippen molar-refractivity contribution in [1.29, 1.82) is 0 Å². The maximum absolute atomic E-state index is 5.55. The number of hydrogen-bond donors (Lipinski definition) is 0. The van der Waals surface area contributed by atoms with Gasteiger partial charge in [0.05, 0.1) is 12.0 Å². The Bertz CT molecular complexity index is 268. The van der Waals surface area contributed by atoms with Crippen LogP contribution >= 0.6 is 11.8 Å². The van der Waals surface area contributed by atoms with Crippen molar-refractivity contribution in [1.82, 2.24) is 0 Å². The summed E-state index contributed by atoms with van der Waals surface area (Å²) in [6, 6.07) is 0.368. The van der Waals surface area contributed by atoms with Gasteiger partial charge in [-0.25, -0.2) is 4.99 Å². The molecule has 20 heavy (non-hydrogen) atoms. The minimum atomic E-state index is 0. The summed E-state index contributed by atoms with van der Waals surface area (Å²) in [6.07, 6.45) is 21.3. The summed E-state index contributed by atoms with van der Waals surface area (Å²) in [7, 11) is 0. The predicted molar refractivity (Wildman–Crippen MR) is 82.1 cm³/mol. The van der Waals surface area contributed by atoms with Gasteiger partial charge in [0.1, 0.15) is 6.61 Å². The van der Waals surface area contributed by atoms with E-state index in [1.807, 2.05) is 69.5 Å². The molecule has 0 amide bonds. The van der Waals surface area contributed by atoms with E-state index in [4.69, 9.17) is 4.74 Å². The third-order valence-corrected chi connectivity index (χ3v) is 3.48. The molecule has 0 aromatic rings. The summed E-state index contributed by atoms with van der Waals surface area (Å²) >= 11 is 1.86. The minimum absolute atomic E-state index is 0. The molecule has 0 N–H and O–H groups in total. The first kappa shape index (κ1) is 18.4. The van der Waals surface area contributed by atoms with E-state index in [9.17, 15) is 0 Å². The number of nitrogens with zero attached hydrogens (tertiary/aromatic N) is 1. The standard InChI is InChI=1S/C11H14NOS.C5H5.Fe/c1-14-7-6-10-8-13-11(12-10)9-4-2-3-5-9;1-2-4-5-3-1;/h2-5,10H,6-8H2,1H3;1-5H;/q;;+2/t10-;;/m0../s1. The van der Waals surface area contributed by atoms with E-state index in [0.29, 0.717) is 6.04 Å². The second kappa shape index (κ2) is 11.0. The van der Waals surface area contributed by atoms with Crippen LogP contribution in [-0.2, 0) is 21.8 Å². The van der Waals surface area contributed by atoms with E-state index in [1.54, 1.807) is 0 Å². The van der Waals surface area contributed by atoms with E-state index in [1.165, 1.54) is 0 Å². The molecule has 2 nitrogen and oxygen atoms in total. The van der Waals surface area contributed by atoms with Crippen LogP contribution in [0.2, 0.25) is 0 Å². The molecule has 3 aliphatic rings. The number of ether oxygens (including phenoxy) is 1. The van der Waals surface area contributed by atoms with Crippen molar-refractivity contribution in [3.05, 3.63) is 63.7 Å². The Labute approximate surface area is 139 Å². The monoisotopic (exact) mass is 329 g/mol. The quantitative estimate of drug-likeness (QED) is 0.740. The van der Waals surface area contributed by atoms with Crippen LogP contribution in [-0.4, -0.2) is 30.6 Å². The van der Waals surface area contributed by atoms with E-state index < -0.39 is 0 Å². The van der Waals surface area contributed by atoms with Crippen LogP contribution in [0, 0.1) is 63.7 Å². The smallest absolute Gasteiger partial charge is 0.478 e. The third kappa shape index (κ3) is 6.41. The Kier molecular flexibility index (Phi) is 10.1. The van der Waals surface area contributed by atoms with Crippen LogP contribution < -0.4 is 0 Å². The fourth-order valence-electron chi connectivity index (χ4n) is 1.81. The molecule has 4 heteroatoms. The van der Waals surface area contributed by atoms with E-state index in [0.717, 1.165) is 30.6 Å². The Balaban J connectivity index is 0.000000283. The Morgan fingerprint density at radius 3 is 2.25 bits per heavy atom. The van der Waals surface area contributed by atoms with Gasteiger partial charge in [-0.3, -0.25) is 0 Å². The zero-order chi connectivity index (χ0) is 13.3. The van der Waals surface area contributed by atoms with Crippen molar-refractivity contribution in [2.45, 2.75) is 12.5 Å². The normalized spacial score (nSPS) is 25.4. The molecule has 10 radical (unpaired) electrons. The molecule has 106 valence electrons. The van der Waals surface area contributed by atoms with Gasteiger partial charge in [0.15, 0.2) is 5.90 Å². The van der Waals surface area contributed by atoms with Gasteiger partial charge < -0.3 is 4.74 Å². The molecular formula is C16H19FeNOS+2. The maximum atomic E-state index is 5.55. The molecule has 0 bridgehead atoms. The first-order valence-corrected chi connectivity index (χ1v) is 7.88. The summed E-state index contributed by atoms with van der Waals surface area (Å²) in [4.78, 5) is 4.55. The molecule has 2 fully saturated rings. The SMILES string of the molecule is CSCC[C@H]1COC([C]2[CH][CH][CH][CH]2)=N1.[CH]1[CH][CH][CH][CH]1.[Fe+2]. The molecule has 2 aliphatic carbocycles. The minimum Gasteiger partial charge on any atom is -0.478 e. The van der Waals surface area contributed by atoms with Crippen LogP contribution in [0.15, 0.2) is 4.99 Å². The van der Waals surface area contributed by atoms with Gasteiger partial charge >= 0.3 is 17.1 Å². The van der Waals surface area contributed by atoms with Crippen molar-refractivity contribution in [3.63, 3.8) is 0 Å².